The summed E-state index contributed by atoms with van der Waals surface area (Å²) in [6.45, 7) is 1.93. The van der Waals surface area contributed by atoms with Crippen LogP contribution >= 0.6 is 0 Å². The Morgan fingerprint density at radius 2 is 1.95 bits per heavy atom. The number of hydrogen-bond acceptors (Lipinski definition) is 3. The molecule has 4 heteroatoms. The topological polar surface area (TPSA) is 38.3 Å². The Hall–Kier alpha value is -2.36. The molecule has 0 bridgehead atoms. The van der Waals surface area contributed by atoms with E-state index < -0.39 is 17.8 Å². The molecule has 0 fully saturated rings. The standard InChI is InChI=1S/C16H16FNO2/c1-11-6-5-7-12(10-11)15(16(19)20-2)18-14-9-4-3-8-13(14)17/h3-10,15,18H,1-2H3. The number of nitrogens with one attached hydrogen (secondary N) is 1. The number of halogens is 1. The third kappa shape index (κ3) is 3.15. The van der Waals surface area contributed by atoms with Gasteiger partial charge in [0.2, 0.25) is 0 Å². The van der Waals surface area contributed by atoms with E-state index in [1.807, 2.05) is 31.2 Å². The fourth-order valence-corrected chi connectivity index (χ4v) is 1.98. The van der Waals surface area contributed by atoms with Gasteiger partial charge in [-0.2, -0.15) is 0 Å². The Bertz CT molecular complexity index is 613. The molecule has 0 aliphatic heterocycles. The van der Waals surface area contributed by atoms with E-state index in [4.69, 9.17) is 4.74 Å². The molecule has 0 amide bonds. The predicted octanol–water partition coefficient (Wildman–Crippen LogP) is 3.46. The van der Waals surface area contributed by atoms with Gasteiger partial charge in [0.25, 0.3) is 0 Å². The lowest BCUT2D eigenvalue weighted by Crippen LogP contribution is -2.22. The van der Waals surface area contributed by atoms with Crippen LogP contribution < -0.4 is 5.32 Å². The van der Waals surface area contributed by atoms with Crippen molar-refractivity contribution in [2.24, 2.45) is 0 Å². The van der Waals surface area contributed by atoms with Gasteiger partial charge in [-0.1, -0.05) is 42.0 Å². The molecule has 104 valence electrons. The maximum absolute atomic E-state index is 13.7. The second-order valence-electron chi connectivity index (χ2n) is 4.49. The summed E-state index contributed by atoms with van der Waals surface area (Å²) in [4.78, 5) is 11.9. The third-order valence-electron chi connectivity index (χ3n) is 2.99. The van der Waals surface area contributed by atoms with E-state index in [-0.39, 0.29) is 5.69 Å². The second-order valence-corrected chi connectivity index (χ2v) is 4.49. The van der Waals surface area contributed by atoms with Crippen LogP contribution in [0.1, 0.15) is 17.2 Å². The van der Waals surface area contributed by atoms with E-state index in [0.717, 1.165) is 11.1 Å². The molecule has 1 atom stereocenters. The van der Waals surface area contributed by atoms with Gasteiger partial charge in [0, 0.05) is 0 Å². The van der Waals surface area contributed by atoms with E-state index in [2.05, 4.69) is 5.32 Å². The number of rotatable bonds is 4. The van der Waals surface area contributed by atoms with Gasteiger partial charge >= 0.3 is 5.97 Å². The lowest BCUT2D eigenvalue weighted by molar-refractivity contribution is -0.141. The monoisotopic (exact) mass is 273 g/mol. The first-order chi connectivity index (χ1) is 9.61. The van der Waals surface area contributed by atoms with Crippen LogP contribution in [0, 0.1) is 12.7 Å². The van der Waals surface area contributed by atoms with Gasteiger partial charge in [-0.25, -0.2) is 9.18 Å². The highest BCUT2D eigenvalue weighted by Crippen LogP contribution is 2.23. The molecule has 0 aromatic heterocycles. The number of aryl methyl sites for hydroxylation is 1. The molecule has 0 radical (unpaired) electrons. The van der Waals surface area contributed by atoms with E-state index in [1.165, 1.54) is 13.2 Å². The van der Waals surface area contributed by atoms with Crippen molar-refractivity contribution in [3.63, 3.8) is 0 Å². The molecule has 1 unspecified atom stereocenters. The minimum absolute atomic E-state index is 0.268. The Labute approximate surface area is 117 Å². The normalized spacial score (nSPS) is 11.8. The molecule has 0 saturated heterocycles. The van der Waals surface area contributed by atoms with Crippen molar-refractivity contribution in [1.29, 1.82) is 0 Å². The lowest BCUT2D eigenvalue weighted by Gasteiger charge is -2.18. The molecule has 2 aromatic carbocycles. The number of esters is 1. The van der Waals surface area contributed by atoms with E-state index in [0.29, 0.717) is 0 Å². The van der Waals surface area contributed by atoms with Gasteiger partial charge in [-0.3, -0.25) is 0 Å². The van der Waals surface area contributed by atoms with Crippen LogP contribution in [-0.2, 0) is 9.53 Å². The molecule has 20 heavy (non-hydrogen) atoms. The minimum Gasteiger partial charge on any atom is -0.467 e. The van der Waals surface area contributed by atoms with Crippen molar-refractivity contribution >= 4 is 11.7 Å². The lowest BCUT2D eigenvalue weighted by atomic mass is 10.0. The summed E-state index contributed by atoms with van der Waals surface area (Å²) in [5, 5.41) is 2.89. The van der Waals surface area contributed by atoms with Gasteiger partial charge in [0.15, 0.2) is 6.04 Å². The zero-order chi connectivity index (χ0) is 14.5. The van der Waals surface area contributed by atoms with Crippen LogP contribution in [0.5, 0.6) is 0 Å². The van der Waals surface area contributed by atoms with Crippen LogP contribution in [-0.4, -0.2) is 13.1 Å². The van der Waals surface area contributed by atoms with Crippen molar-refractivity contribution in [3.8, 4) is 0 Å². The van der Waals surface area contributed by atoms with Gasteiger partial charge in [0.1, 0.15) is 5.82 Å². The third-order valence-corrected chi connectivity index (χ3v) is 2.99. The van der Waals surface area contributed by atoms with Crippen LogP contribution in [0.4, 0.5) is 10.1 Å². The van der Waals surface area contributed by atoms with Crippen LogP contribution in [0.3, 0.4) is 0 Å². The first-order valence-corrected chi connectivity index (χ1v) is 6.27. The zero-order valence-corrected chi connectivity index (χ0v) is 11.4. The molecule has 0 spiro atoms. The number of para-hydroxylation sites is 1. The molecule has 0 saturated carbocycles. The summed E-state index contributed by atoms with van der Waals surface area (Å²) in [6, 6.07) is 12.9. The van der Waals surface area contributed by atoms with Crippen molar-refractivity contribution in [1.82, 2.24) is 0 Å². The Balaban J connectivity index is 2.34. The summed E-state index contributed by atoms with van der Waals surface area (Å²) in [5.74, 6) is -0.868. The first-order valence-electron chi connectivity index (χ1n) is 6.27. The largest absolute Gasteiger partial charge is 0.467 e. The molecular weight excluding hydrogens is 257 g/mol. The van der Waals surface area contributed by atoms with Crippen LogP contribution in [0.2, 0.25) is 0 Å². The molecule has 2 aromatic rings. The summed E-state index contributed by atoms with van der Waals surface area (Å²) >= 11 is 0. The van der Waals surface area contributed by atoms with Gasteiger partial charge in [-0.15, -0.1) is 0 Å². The van der Waals surface area contributed by atoms with Crippen molar-refractivity contribution in [2.45, 2.75) is 13.0 Å². The second kappa shape index (κ2) is 6.19. The average Bonchev–Trinajstić information content (AvgIpc) is 2.45. The molecule has 0 heterocycles. The number of carbonyl (C=O) groups is 1. The zero-order valence-electron chi connectivity index (χ0n) is 11.4. The summed E-state index contributed by atoms with van der Waals surface area (Å²) in [5.41, 5.74) is 2.02. The van der Waals surface area contributed by atoms with Crippen molar-refractivity contribution < 1.29 is 13.9 Å². The van der Waals surface area contributed by atoms with Crippen molar-refractivity contribution in [2.75, 3.05) is 12.4 Å². The molecule has 0 aliphatic carbocycles. The molecule has 0 aliphatic rings. The smallest absolute Gasteiger partial charge is 0.332 e. The number of methoxy groups -OCH3 is 1. The summed E-state index contributed by atoms with van der Waals surface area (Å²) in [7, 11) is 1.31. The summed E-state index contributed by atoms with van der Waals surface area (Å²) < 4.78 is 18.5. The summed E-state index contributed by atoms with van der Waals surface area (Å²) in [6.07, 6.45) is 0. The van der Waals surface area contributed by atoms with Gasteiger partial charge in [0.05, 0.1) is 12.8 Å². The Morgan fingerprint density at radius 3 is 2.60 bits per heavy atom. The highest BCUT2D eigenvalue weighted by molar-refractivity contribution is 5.81. The van der Waals surface area contributed by atoms with Crippen molar-refractivity contribution in [3.05, 3.63) is 65.5 Å². The highest BCUT2D eigenvalue weighted by Gasteiger charge is 2.22. The minimum atomic E-state index is -0.739. The average molecular weight is 273 g/mol. The number of benzene rings is 2. The molecule has 2 rings (SSSR count). The maximum atomic E-state index is 13.7. The SMILES string of the molecule is COC(=O)C(Nc1ccccc1F)c1cccc(C)c1. The number of carbonyl (C=O) groups excluding carboxylic acids is 1. The van der Waals surface area contributed by atoms with E-state index in [9.17, 15) is 9.18 Å². The molecule has 1 N–H and O–H groups in total. The first kappa shape index (κ1) is 14.1. The maximum Gasteiger partial charge on any atom is 0.332 e. The van der Waals surface area contributed by atoms with Gasteiger partial charge in [-0.05, 0) is 24.6 Å². The van der Waals surface area contributed by atoms with E-state index in [1.54, 1.807) is 18.2 Å². The van der Waals surface area contributed by atoms with E-state index >= 15 is 0 Å². The number of hydrogen-bond donors (Lipinski definition) is 1. The fraction of sp³-hybridized carbons (Fsp3) is 0.188. The fourth-order valence-electron chi connectivity index (χ4n) is 1.98. The highest BCUT2D eigenvalue weighted by atomic mass is 19.1. The molecular formula is C16H16FNO2. The Morgan fingerprint density at radius 1 is 1.20 bits per heavy atom. The Kier molecular flexibility index (Phi) is 4.35. The predicted molar refractivity (Wildman–Crippen MR) is 76.0 cm³/mol. The molecule has 3 nitrogen and oxygen atoms in total. The number of anilines is 1. The van der Waals surface area contributed by atoms with Crippen LogP contribution in [0.15, 0.2) is 48.5 Å². The number of ether oxygens (including phenoxy) is 1. The quantitative estimate of drug-likeness (QED) is 0.867. The van der Waals surface area contributed by atoms with Gasteiger partial charge < -0.3 is 10.1 Å². The van der Waals surface area contributed by atoms with Crippen LogP contribution in [0.25, 0.3) is 0 Å².